The van der Waals surface area contributed by atoms with Crippen molar-refractivity contribution < 1.29 is 14.3 Å². The molecule has 0 bridgehead atoms. The molecule has 0 fully saturated rings. The fourth-order valence-electron chi connectivity index (χ4n) is 2.55. The average Bonchev–Trinajstić information content (AvgIpc) is 3.09. The minimum absolute atomic E-state index is 0.0122. The molecule has 124 valence electrons. The lowest BCUT2D eigenvalue weighted by Crippen LogP contribution is -2.13. The van der Waals surface area contributed by atoms with E-state index in [1.807, 2.05) is 20.8 Å². The third kappa shape index (κ3) is 3.14. The number of H-pyrrole nitrogens is 1. The highest BCUT2D eigenvalue weighted by molar-refractivity contribution is 8.00. The second kappa shape index (κ2) is 6.65. The van der Waals surface area contributed by atoms with Crippen LogP contribution in [0.15, 0.2) is 35.5 Å². The predicted octanol–water partition coefficient (Wildman–Crippen LogP) is 3.77. The number of carbonyl (C=O) groups is 2. The summed E-state index contributed by atoms with van der Waals surface area (Å²) in [6.07, 6.45) is 1.57. The van der Waals surface area contributed by atoms with Crippen LogP contribution in [0.25, 0.3) is 5.57 Å². The van der Waals surface area contributed by atoms with Gasteiger partial charge in [0, 0.05) is 5.56 Å². The summed E-state index contributed by atoms with van der Waals surface area (Å²) < 4.78 is 5.38. The van der Waals surface area contributed by atoms with Crippen LogP contribution in [0.4, 0.5) is 0 Å². The van der Waals surface area contributed by atoms with Crippen LogP contribution in [-0.4, -0.2) is 33.4 Å². The third-order valence-electron chi connectivity index (χ3n) is 3.76. The van der Waals surface area contributed by atoms with Crippen LogP contribution in [0.1, 0.15) is 47.3 Å². The van der Waals surface area contributed by atoms with Crippen molar-refractivity contribution in [1.29, 1.82) is 0 Å². The highest BCUT2D eigenvalue weighted by atomic mass is 32.2. The average molecular weight is 342 g/mol. The highest BCUT2D eigenvalue weighted by Gasteiger charge is 2.25. The van der Waals surface area contributed by atoms with Gasteiger partial charge in [0.2, 0.25) is 5.78 Å². The Morgan fingerprint density at radius 3 is 2.67 bits per heavy atom. The number of carbonyl (C=O) groups excluding carboxylic acids is 2. The van der Waals surface area contributed by atoms with E-state index in [1.54, 1.807) is 30.3 Å². The van der Waals surface area contributed by atoms with Gasteiger partial charge in [0.15, 0.2) is 10.9 Å². The van der Waals surface area contributed by atoms with Crippen molar-refractivity contribution in [2.24, 2.45) is 0 Å². The first-order chi connectivity index (χ1) is 11.5. The van der Waals surface area contributed by atoms with Crippen molar-refractivity contribution in [1.82, 2.24) is 9.97 Å². The quantitative estimate of drug-likeness (QED) is 0.639. The molecule has 6 heteroatoms. The zero-order valence-corrected chi connectivity index (χ0v) is 14.6. The normalized spacial score (nSPS) is 14.3. The molecule has 0 unspecified atom stereocenters. The van der Waals surface area contributed by atoms with E-state index in [0.29, 0.717) is 28.7 Å². The standard InChI is InChI=1S/C18H18N2O3S/c1-4-23-13-7-5-12(6-8-13)17(22)11(3)24-18-19-15-10(2)9-14(21)16(15)20-18/h5-9,11H,4H2,1-3H3,(H,19,20)/t11-/m0/s1. The zero-order valence-electron chi connectivity index (χ0n) is 13.8. The number of benzene rings is 1. The number of rotatable bonds is 6. The number of nitrogens with zero attached hydrogens (tertiary/aromatic N) is 1. The first-order valence-corrected chi connectivity index (χ1v) is 8.64. The molecule has 1 aromatic heterocycles. The smallest absolute Gasteiger partial charge is 0.204 e. The second-order valence-corrected chi connectivity index (χ2v) is 6.87. The van der Waals surface area contributed by atoms with E-state index >= 15 is 0 Å². The number of ketones is 2. The second-order valence-electron chi connectivity index (χ2n) is 5.54. The molecule has 3 rings (SSSR count). The van der Waals surface area contributed by atoms with Crippen LogP contribution < -0.4 is 4.74 Å². The Hall–Kier alpha value is -2.34. The Balaban J connectivity index is 1.71. The lowest BCUT2D eigenvalue weighted by Gasteiger charge is -2.09. The number of thioether (sulfide) groups is 1. The SMILES string of the molecule is CCOc1ccc(C(=O)[C@H](C)Sc2nc3c([nH]2)C(=O)C=C3C)cc1. The number of hydrogen-bond donors (Lipinski definition) is 1. The molecular weight excluding hydrogens is 324 g/mol. The number of aromatic amines is 1. The number of hydrogen-bond acceptors (Lipinski definition) is 5. The molecule has 0 spiro atoms. The van der Waals surface area contributed by atoms with Gasteiger partial charge < -0.3 is 9.72 Å². The predicted molar refractivity (Wildman–Crippen MR) is 93.8 cm³/mol. The molecule has 1 atom stereocenters. The van der Waals surface area contributed by atoms with Gasteiger partial charge in [-0.15, -0.1) is 0 Å². The Morgan fingerprint density at radius 1 is 1.33 bits per heavy atom. The van der Waals surface area contributed by atoms with Gasteiger partial charge in [-0.1, -0.05) is 11.8 Å². The van der Waals surface area contributed by atoms with Crippen molar-refractivity contribution in [2.75, 3.05) is 6.61 Å². The van der Waals surface area contributed by atoms with E-state index < -0.39 is 0 Å². The molecule has 1 aromatic carbocycles. The summed E-state index contributed by atoms with van der Waals surface area (Å²) in [5.74, 6) is 0.697. The molecule has 1 aliphatic rings. The van der Waals surface area contributed by atoms with Gasteiger partial charge in [0.25, 0.3) is 0 Å². The third-order valence-corrected chi connectivity index (χ3v) is 4.74. The maximum absolute atomic E-state index is 12.5. The summed E-state index contributed by atoms with van der Waals surface area (Å²) in [5, 5.41) is 0.279. The van der Waals surface area contributed by atoms with Crippen LogP contribution in [-0.2, 0) is 0 Å². The van der Waals surface area contributed by atoms with Gasteiger partial charge in [-0.05, 0) is 56.7 Å². The first-order valence-electron chi connectivity index (χ1n) is 7.76. The molecule has 0 radical (unpaired) electrons. The molecule has 0 amide bonds. The van der Waals surface area contributed by atoms with Crippen LogP contribution >= 0.6 is 11.8 Å². The van der Waals surface area contributed by atoms with E-state index in [2.05, 4.69) is 9.97 Å². The topological polar surface area (TPSA) is 72.0 Å². The Morgan fingerprint density at radius 2 is 2.04 bits per heavy atom. The lowest BCUT2D eigenvalue weighted by molar-refractivity contribution is 0.0993. The molecule has 0 saturated carbocycles. The maximum Gasteiger partial charge on any atom is 0.204 e. The number of Topliss-reactive ketones (excluding diaryl/α,β-unsaturated/α-hetero) is 1. The number of fused-ring (bicyclic) bond motifs is 1. The van der Waals surface area contributed by atoms with Gasteiger partial charge in [-0.25, -0.2) is 4.98 Å². The van der Waals surface area contributed by atoms with Crippen LogP contribution in [0.5, 0.6) is 5.75 Å². The fourth-order valence-corrected chi connectivity index (χ4v) is 3.43. The molecule has 2 aromatic rings. The summed E-state index contributed by atoms with van der Waals surface area (Å²) in [6.45, 7) is 6.20. The summed E-state index contributed by atoms with van der Waals surface area (Å²) in [5.41, 5.74) is 2.67. The van der Waals surface area contributed by atoms with Gasteiger partial charge in [-0.2, -0.15) is 0 Å². The number of nitrogens with one attached hydrogen (secondary N) is 1. The minimum Gasteiger partial charge on any atom is -0.494 e. The van der Waals surface area contributed by atoms with E-state index in [1.165, 1.54) is 11.8 Å². The summed E-state index contributed by atoms with van der Waals surface area (Å²) in [4.78, 5) is 31.8. The fraction of sp³-hybridized carbons (Fsp3) is 0.278. The largest absolute Gasteiger partial charge is 0.494 e. The molecule has 0 saturated heterocycles. The minimum atomic E-state index is -0.311. The number of aromatic nitrogens is 2. The molecule has 1 N–H and O–H groups in total. The van der Waals surface area contributed by atoms with Crippen LogP contribution in [0, 0.1) is 0 Å². The Kier molecular flexibility index (Phi) is 4.57. The molecule has 5 nitrogen and oxygen atoms in total. The maximum atomic E-state index is 12.5. The zero-order chi connectivity index (χ0) is 17.3. The van der Waals surface area contributed by atoms with Crippen LogP contribution in [0.3, 0.4) is 0 Å². The van der Waals surface area contributed by atoms with E-state index in [0.717, 1.165) is 11.3 Å². The lowest BCUT2D eigenvalue weighted by atomic mass is 10.1. The Bertz CT molecular complexity index is 821. The van der Waals surface area contributed by atoms with Gasteiger partial charge in [0.1, 0.15) is 11.4 Å². The van der Waals surface area contributed by atoms with Crippen molar-refractivity contribution in [2.45, 2.75) is 31.2 Å². The van der Waals surface area contributed by atoms with Crippen molar-refractivity contribution in [3.05, 3.63) is 47.3 Å². The summed E-state index contributed by atoms with van der Waals surface area (Å²) in [7, 11) is 0. The van der Waals surface area contributed by atoms with Crippen molar-refractivity contribution in [3.63, 3.8) is 0 Å². The number of imidazole rings is 1. The Labute approximate surface area is 144 Å². The summed E-state index contributed by atoms with van der Waals surface area (Å²) in [6, 6.07) is 7.12. The van der Waals surface area contributed by atoms with E-state index in [-0.39, 0.29) is 16.8 Å². The van der Waals surface area contributed by atoms with Gasteiger partial charge in [0.05, 0.1) is 17.6 Å². The molecule has 1 heterocycles. The van der Waals surface area contributed by atoms with E-state index in [9.17, 15) is 9.59 Å². The molecule has 0 aliphatic heterocycles. The monoisotopic (exact) mass is 342 g/mol. The van der Waals surface area contributed by atoms with Crippen molar-refractivity contribution >= 4 is 28.9 Å². The van der Waals surface area contributed by atoms with E-state index in [4.69, 9.17) is 4.74 Å². The first kappa shape index (κ1) is 16.5. The van der Waals surface area contributed by atoms with Gasteiger partial charge >= 0.3 is 0 Å². The van der Waals surface area contributed by atoms with Gasteiger partial charge in [-0.3, -0.25) is 9.59 Å². The molecular formula is C18H18N2O3S. The number of ether oxygens (including phenoxy) is 1. The molecule has 24 heavy (non-hydrogen) atoms. The number of allylic oxidation sites excluding steroid dienone is 2. The highest BCUT2D eigenvalue weighted by Crippen LogP contribution is 2.30. The summed E-state index contributed by atoms with van der Waals surface area (Å²) >= 11 is 1.32. The van der Waals surface area contributed by atoms with Crippen molar-refractivity contribution in [3.8, 4) is 5.75 Å². The van der Waals surface area contributed by atoms with Crippen LogP contribution in [0.2, 0.25) is 0 Å². The molecule has 1 aliphatic carbocycles.